The third-order valence-electron chi connectivity index (χ3n) is 1.87. The highest BCUT2D eigenvalue weighted by molar-refractivity contribution is 7.98. The molecule has 0 N–H and O–H groups in total. The Labute approximate surface area is 68.6 Å². The first-order chi connectivity index (χ1) is 5.29. The summed E-state index contributed by atoms with van der Waals surface area (Å²) in [6, 6.07) is 0. The first kappa shape index (κ1) is 6.91. The second-order valence-electron chi connectivity index (χ2n) is 2.53. The lowest BCUT2D eigenvalue weighted by molar-refractivity contribution is 0.954. The van der Waals surface area contributed by atoms with E-state index in [4.69, 9.17) is 0 Å². The highest BCUT2D eigenvalue weighted by Crippen LogP contribution is 2.20. The maximum atomic E-state index is 11.0. The fourth-order valence-electron chi connectivity index (χ4n) is 1.21. The van der Waals surface area contributed by atoms with Crippen LogP contribution >= 0.6 is 11.9 Å². The second kappa shape index (κ2) is 2.37. The summed E-state index contributed by atoms with van der Waals surface area (Å²) < 4.78 is 1.98. The normalized spacial score (nSPS) is 15.0. The van der Waals surface area contributed by atoms with Crippen molar-refractivity contribution in [3.8, 4) is 0 Å². The molecule has 4 heteroatoms. The van der Waals surface area contributed by atoms with Crippen molar-refractivity contribution in [3.63, 3.8) is 0 Å². The quantitative estimate of drug-likeness (QED) is 0.569. The standard InChI is InChI=1S/C7H8N2OS/c1-5-6-2-3-11-9(6)4-8-7(5)10/h4H,2-3H2,1H3. The van der Waals surface area contributed by atoms with Gasteiger partial charge in [-0.15, -0.1) is 0 Å². The maximum absolute atomic E-state index is 11.0. The van der Waals surface area contributed by atoms with Gasteiger partial charge in [-0.05, 0) is 25.3 Å². The molecule has 0 unspecified atom stereocenters. The number of aromatic nitrogens is 2. The molecule has 11 heavy (non-hydrogen) atoms. The molecule has 0 spiro atoms. The average Bonchev–Trinajstić information content (AvgIpc) is 2.45. The van der Waals surface area contributed by atoms with Crippen LogP contribution in [0.3, 0.4) is 0 Å². The highest BCUT2D eigenvalue weighted by Gasteiger charge is 2.13. The fraction of sp³-hybridized carbons (Fsp3) is 0.429. The van der Waals surface area contributed by atoms with Crippen LogP contribution in [0.4, 0.5) is 0 Å². The molecule has 2 heterocycles. The van der Waals surface area contributed by atoms with Crippen molar-refractivity contribution in [2.24, 2.45) is 0 Å². The minimum atomic E-state index is -0.0845. The minimum absolute atomic E-state index is 0.0845. The SMILES string of the molecule is Cc1c2n(cnc1=O)SCC2. The molecular weight excluding hydrogens is 160 g/mol. The first-order valence-electron chi connectivity index (χ1n) is 3.49. The molecule has 1 aromatic rings. The van der Waals surface area contributed by atoms with Crippen molar-refractivity contribution >= 4 is 11.9 Å². The number of rotatable bonds is 0. The Bertz CT molecular complexity index is 345. The van der Waals surface area contributed by atoms with Crippen LogP contribution in [0, 0.1) is 6.92 Å². The van der Waals surface area contributed by atoms with E-state index < -0.39 is 0 Å². The van der Waals surface area contributed by atoms with E-state index in [9.17, 15) is 4.79 Å². The van der Waals surface area contributed by atoms with Crippen molar-refractivity contribution in [1.29, 1.82) is 0 Å². The summed E-state index contributed by atoms with van der Waals surface area (Å²) in [5, 5.41) is 0. The van der Waals surface area contributed by atoms with E-state index >= 15 is 0 Å². The van der Waals surface area contributed by atoms with Crippen molar-refractivity contribution < 1.29 is 0 Å². The van der Waals surface area contributed by atoms with Gasteiger partial charge in [-0.25, -0.2) is 0 Å². The summed E-state index contributed by atoms with van der Waals surface area (Å²) in [6.45, 7) is 1.84. The lowest BCUT2D eigenvalue weighted by Gasteiger charge is -2.01. The molecule has 0 bridgehead atoms. The van der Waals surface area contributed by atoms with E-state index in [-0.39, 0.29) is 5.56 Å². The van der Waals surface area contributed by atoms with Crippen LogP contribution in [0.25, 0.3) is 0 Å². The minimum Gasteiger partial charge on any atom is -0.278 e. The monoisotopic (exact) mass is 168 g/mol. The van der Waals surface area contributed by atoms with Gasteiger partial charge in [0.1, 0.15) is 6.33 Å². The molecule has 0 saturated carbocycles. The molecule has 0 fully saturated rings. The highest BCUT2D eigenvalue weighted by atomic mass is 32.2. The Morgan fingerprint density at radius 3 is 3.36 bits per heavy atom. The summed E-state index contributed by atoms with van der Waals surface area (Å²) in [5.41, 5.74) is 1.85. The van der Waals surface area contributed by atoms with Crippen LogP contribution in [-0.2, 0) is 6.42 Å². The first-order valence-corrected chi connectivity index (χ1v) is 4.44. The molecule has 0 aromatic carbocycles. The molecule has 0 amide bonds. The van der Waals surface area contributed by atoms with Crippen LogP contribution in [-0.4, -0.2) is 14.7 Å². The predicted molar refractivity (Wildman–Crippen MR) is 44.8 cm³/mol. The summed E-state index contributed by atoms with van der Waals surface area (Å²) in [6.07, 6.45) is 2.61. The number of hydrogen-bond donors (Lipinski definition) is 0. The molecule has 0 radical (unpaired) electrons. The van der Waals surface area contributed by atoms with E-state index in [0.29, 0.717) is 0 Å². The summed E-state index contributed by atoms with van der Waals surface area (Å²) in [4.78, 5) is 14.8. The molecule has 0 saturated heterocycles. The van der Waals surface area contributed by atoms with Gasteiger partial charge in [-0.2, -0.15) is 4.98 Å². The third-order valence-corrected chi connectivity index (χ3v) is 2.85. The van der Waals surface area contributed by atoms with Crippen LogP contribution in [0.15, 0.2) is 11.1 Å². The lowest BCUT2D eigenvalue weighted by Crippen LogP contribution is -2.14. The van der Waals surface area contributed by atoms with E-state index in [0.717, 1.165) is 23.4 Å². The molecule has 2 rings (SSSR count). The zero-order chi connectivity index (χ0) is 7.84. The van der Waals surface area contributed by atoms with Gasteiger partial charge in [0.05, 0.1) is 0 Å². The van der Waals surface area contributed by atoms with E-state index in [2.05, 4.69) is 4.98 Å². The summed E-state index contributed by atoms with van der Waals surface area (Å²) in [5.74, 6) is 1.06. The second-order valence-corrected chi connectivity index (χ2v) is 3.59. The number of hydrogen-bond acceptors (Lipinski definition) is 3. The molecule has 1 aliphatic rings. The molecule has 1 aromatic heterocycles. The van der Waals surface area contributed by atoms with Crippen LogP contribution in [0.2, 0.25) is 0 Å². The third kappa shape index (κ3) is 0.976. The maximum Gasteiger partial charge on any atom is 0.275 e. The van der Waals surface area contributed by atoms with Gasteiger partial charge in [0, 0.05) is 17.0 Å². The number of nitrogens with zero attached hydrogens (tertiary/aromatic N) is 2. The van der Waals surface area contributed by atoms with E-state index in [1.54, 1.807) is 18.3 Å². The van der Waals surface area contributed by atoms with Crippen molar-refractivity contribution in [2.45, 2.75) is 13.3 Å². The van der Waals surface area contributed by atoms with Crippen LogP contribution < -0.4 is 5.56 Å². The largest absolute Gasteiger partial charge is 0.278 e. The van der Waals surface area contributed by atoms with Gasteiger partial charge >= 0.3 is 0 Å². The Balaban J connectivity index is 2.72. The fourth-order valence-corrected chi connectivity index (χ4v) is 2.19. The molecule has 3 nitrogen and oxygen atoms in total. The van der Waals surface area contributed by atoms with Crippen LogP contribution in [0.1, 0.15) is 11.3 Å². The zero-order valence-electron chi connectivity index (χ0n) is 6.20. The van der Waals surface area contributed by atoms with Crippen molar-refractivity contribution in [1.82, 2.24) is 8.96 Å². The summed E-state index contributed by atoms with van der Waals surface area (Å²) in [7, 11) is 0. The molecule has 0 atom stereocenters. The van der Waals surface area contributed by atoms with Crippen LogP contribution in [0.5, 0.6) is 0 Å². The topological polar surface area (TPSA) is 34.9 Å². The molecule has 0 aliphatic carbocycles. The van der Waals surface area contributed by atoms with Gasteiger partial charge in [0.2, 0.25) is 0 Å². The predicted octanol–water partition coefficient (Wildman–Crippen LogP) is 0.604. The van der Waals surface area contributed by atoms with Crippen molar-refractivity contribution in [3.05, 3.63) is 27.9 Å². The number of fused-ring (bicyclic) bond motifs is 1. The Morgan fingerprint density at radius 1 is 1.73 bits per heavy atom. The molecule has 58 valence electrons. The Morgan fingerprint density at radius 2 is 2.55 bits per heavy atom. The van der Waals surface area contributed by atoms with Gasteiger partial charge in [-0.1, -0.05) is 0 Å². The van der Waals surface area contributed by atoms with E-state index in [1.165, 1.54) is 0 Å². The van der Waals surface area contributed by atoms with Crippen molar-refractivity contribution in [2.75, 3.05) is 5.75 Å². The van der Waals surface area contributed by atoms with Gasteiger partial charge < -0.3 is 0 Å². The smallest absolute Gasteiger partial charge is 0.275 e. The zero-order valence-corrected chi connectivity index (χ0v) is 7.02. The lowest BCUT2D eigenvalue weighted by atomic mass is 10.2. The Kier molecular flexibility index (Phi) is 1.49. The van der Waals surface area contributed by atoms with E-state index in [1.807, 2.05) is 10.9 Å². The molecule has 1 aliphatic heterocycles. The Hall–Kier alpha value is -0.770. The summed E-state index contributed by atoms with van der Waals surface area (Å²) >= 11 is 1.71. The van der Waals surface area contributed by atoms with Gasteiger partial charge in [0.15, 0.2) is 0 Å². The van der Waals surface area contributed by atoms with Gasteiger partial charge in [0.25, 0.3) is 5.56 Å². The van der Waals surface area contributed by atoms with Gasteiger partial charge in [-0.3, -0.25) is 8.77 Å². The molecular formula is C7H8N2OS. The average molecular weight is 168 g/mol.